The summed E-state index contributed by atoms with van der Waals surface area (Å²) in [6.45, 7) is 0. The summed E-state index contributed by atoms with van der Waals surface area (Å²) in [7, 11) is 1.97. The molecule has 1 atom stereocenters. The van der Waals surface area contributed by atoms with Gasteiger partial charge in [0.25, 0.3) is 0 Å². The van der Waals surface area contributed by atoms with E-state index in [0.29, 0.717) is 5.92 Å². The summed E-state index contributed by atoms with van der Waals surface area (Å²) in [5.41, 5.74) is 5.47. The van der Waals surface area contributed by atoms with Crippen LogP contribution in [-0.2, 0) is 19.3 Å². The van der Waals surface area contributed by atoms with Crippen LogP contribution in [0.25, 0.3) is 0 Å². The predicted molar refractivity (Wildman–Crippen MR) is 80.2 cm³/mol. The van der Waals surface area contributed by atoms with Crippen LogP contribution >= 0.6 is 0 Å². The highest BCUT2D eigenvalue weighted by atomic mass is 15.0. The number of hydrogen-bond donors (Lipinski definition) is 1. The third-order valence-corrected chi connectivity index (χ3v) is 4.60. The van der Waals surface area contributed by atoms with Crippen LogP contribution in [0, 0.1) is 0 Å². The second kappa shape index (κ2) is 4.58. The molecule has 1 N–H and O–H groups in total. The van der Waals surface area contributed by atoms with Crippen LogP contribution in [0.15, 0.2) is 24.3 Å². The molecule has 1 aromatic carbocycles. The molecule has 4 rings (SSSR count). The number of hydrogen-bond acceptors (Lipinski definition) is 3. The average Bonchev–Trinajstić information content (AvgIpc) is 2.47. The maximum atomic E-state index is 4.89. The van der Waals surface area contributed by atoms with Crippen LogP contribution in [0.4, 0.5) is 5.82 Å². The summed E-state index contributed by atoms with van der Waals surface area (Å²) in [6, 6.07) is 8.65. The molecule has 0 fully saturated rings. The zero-order chi connectivity index (χ0) is 13.5. The molecule has 20 heavy (non-hydrogen) atoms. The van der Waals surface area contributed by atoms with Gasteiger partial charge in [-0.3, -0.25) is 0 Å². The summed E-state index contributed by atoms with van der Waals surface area (Å²) >= 11 is 0. The Kier molecular flexibility index (Phi) is 2.72. The van der Waals surface area contributed by atoms with Gasteiger partial charge in [-0.15, -0.1) is 0 Å². The highest BCUT2D eigenvalue weighted by molar-refractivity contribution is 5.50. The summed E-state index contributed by atoms with van der Waals surface area (Å²) < 4.78 is 0. The molecular weight excluding hydrogens is 246 g/mol. The minimum atomic E-state index is 0.394. The van der Waals surface area contributed by atoms with Crippen LogP contribution in [0.2, 0.25) is 0 Å². The molecule has 3 nitrogen and oxygen atoms in total. The summed E-state index contributed by atoms with van der Waals surface area (Å²) in [5.74, 6) is 2.45. The molecule has 0 amide bonds. The van der Waals surface area contributed by atoms with Gasteiger partial charge >= 0.3 is 0 Å². The topological polar surface area (TPSA) is 37.8 Å². The van der Waals surface area contributed by atoms with E-state index in [9.17, 15) is 0 Å². The summed E-state index contributed by atoms with van der Waals surface area (Å²) in [5, 5.41) is 3.27. The van der Waals surface area contributed by atoms with E-state index in [1.54, 1.807) is 0 Å². The summed E-state index contributed by atoms with van der Waals surface area (Å²) in [4.78, 5) is 9.69. The third kappa shape index (κ3) is 1.73. The Labute approximate surface area is 119 Å². The lowest BCUT2D eigenvalue weighted by atomic mass is 9.77. The van der Waals surface area contributed by atoms with E-state index < -0.39 is 0 Å². The SMILES string of the molecule is CNc1nc(C2Cc3ccccc32)nc2c1CCCC2. The molecule has 1 heterocycles. The quantitative estimate of drug-likeness (QED) is 0.906. The number of nitrogens with one attached hydrogen (secondary N) is 1. The standard InChI is InChI=1S/C17H19N3/c1-18-16-13-8-4-5-9-15(13)19-17(20-16)14-10-11-6-2-3-7-12(11)14/h2-3,6-7,14H,4-5,8-10H2,1H3,(H,18,19,20). The fourth-order valence-electron chi connectivity index (χ4n) is 3.46. The molecule has 0 bridgehead atoms. The second-order valence-corrected chi connectivity index (χ2v) is 5.77. The lowest BCUT2D eigenvalue weighted by molar-refractivity contribution is 0.620. The number of aryl methyl sites for hydroxylation is 1. The van der Waals surface area contributed by atoms with E-state index >= 15 is 0 Å². The van der Waals surface area contributed by atoms with Crippen LogP contribution < -0.4 is 5.32 Å². The monoisotopic (exact) mass is 265 g/mol. The van der Waals surface area contributed by atoms with Gasteiger partial charge in [0.1, 0.15) is 11.6 Å². The van der Waals surface area contributed by atoms with Crippen molar-refractivity contribution >= 4 is 5.82 Å². The van der Waals surface area contributed by atoms with Crippen molar-refractivity contribution in [3.63, 3.8) is 0 Å². The zero-order valence-electron chi connectivity index (χ0n) is 11.8. The Morgan fingerprint density at radius 3 is 2.80 bits per heavy atom. The minimum absolute atomic E-state index is 0.394. The van der Waals surface area contributed by atoms with Gasteiger partial charge in [-0.1, -0.05) is 24.3 Å². The molecule has 3 heteroatoms. The smallest absolute Gasteiger partial charge is 0.138 e. The van der Waals surface area contributed by atoms with Crippen molar-refractivity contribution in [2.24, 2.45) is 0 Å². The van der Waals surface area contributed by atoms with E-state index in [2.05, 4.69) is 29.6 Å². The van der Waals surface area contributed by atoms with Gasteiger partial charge in [-0.25, -0.2) is 9.97 Å². The molecule has 2 aromatic rings. The first kappa shape index (κ1) is 11.9. The fourth-order valence-corrected chi connectivity index (χ4v) is 3.46. The molecule has 102 valence electrons. The lowest BCUT2D eigenvalue weighted by Crippen LogP contribution is -2.23. The molecule has 0 spiro atoms. The van der Waals surface area contributed by atoms with Gasteiger partial charge in [0, 0.05) is 24.2 Å². The van der Waals surface area contributed by atoms with E-state index in [-0.39, 0.29) is 0 Å². The number of nitrogens with zero attached hydrogens (tertiary/aromatic N) is 2. The van der Waals surface area contributed by atoms with Crippen LogP contribution in [0.3, 0.4) is 0 Å². The van der Waals surface area contributed by atoms with Crippen LogP contribution in [0.1, 0.15) is 47.0 Å². The van der Waals surface area contributed by atoms with Gasteiger partial charge in [0.2, 0.25) is 0 Å². The average molecular weight is 265 g/mol. The zero-order valence-corrected chi connectivity index (χ0v) is 11.8. The fraction of sp³-hybridized carbons (Fsp3) is 0.412. The lowest BCUT2D eigenvalue weighted by Gasteiger charge is -2.30. The van der Waals surface area contributed by atoms with Crippen molar-refractivity contribution in [1.82, 2.24) is 9.97 Å². The first-order valence-electron chi connectivity index (χ1n) is 7.52. The number of fused-ring (bicyclic) bond motifs is 2. The molecule has 2 aliphatic rings. The number of rotatable bonds is 2. The van der Waals surface area contributed by atoms with Crippen LogP contribution in [0.5, 0.6) is 0 Å². The van der Waals surface area contributed by atoms with E-state index in [1.165, 1.54) is 35.2 Å². The van der Waals surface area contributed by atoms with Crippen molar-refractivity contribution in [3.8, 4) is 0 Å². The molecule has 0 radical (unpaired) electrons. The minimum Gasteiger partial charge on any atom is -0.373 e. The maximum Gasteiger partial charge on any atom is 0.138 e. The van der Waals surface area contributed by atoms with Gasteiger partial charge < -0.3 is 5.32 Å². The molecule has 0 saturated heterocycles. The third-order valence-electron chi connectivity index (χ3n) is 4.60. The van der Waals surface area contributed by atoms with Gasteiger partial charge in [0.05, 0.1) is 0 Å². The van der Waals surface area contributed by atoms with Crippen molar-refractivity contribution in [2.75, 3.05) is 12.4 Å². The van der Waals surface area contributed by atoms with Gasteiger partial charge in [-0.05, 0) is 43.2 Å². The number of aromatic nitrogens is 2. The van der Waals surface area contributed by atoms with Crippen molar-refractivity contribution < 1.29 is 0 Å². The van der Waals surface area contributed by atoms with E-state index in [4.69, 9.17) is 9.97 Å². The van der Waals surface area contributed by atoms with E-state index in [1.807, 2.05) is 7.05 Å². The Morgan fingerprint density at radius 2 is 1.95 bits per heavy atom. The highest BCUT2D eigenvalue weighted by Crippen LogP contribution is 2.39. The molecule has 2 aliphatic carbocycles. The Morgan fingerprint density at radius 1 is 1.10 bits per heavy atom. The molecule has 1 aromatic heterocycles. The highest BCUT2D eigenvalue weighted by Gasteiger charge is 2.30. The normalized spacial score (nSPS) is 19.8. The molecule has 1 unspecified atom stereocenters. The first-order chi connectivity index (χ1) is 9.86. The van der Waals surface area contributed by atoms with Crippen LogP contribution in [-0.4, -0.2) is 17.0 Å². The Balaban J connectivity index is 1.77. The van der Waals surface area contributed by atoms with Crippen molar-refractivity contribution in [1.29, 1.82) is 0 Å². The van der Waals surface area contributed by atoms with E-state index in [0.717, 1.165) is 30.9 Å². The number of benzene rings is 1. The van der Waals surface area contributed by atoms with Crippen molar-refractivity contribution in [3.05, 3.63) is 52.5 Å². The molecule has 0 aliphatic heterocycles. The Bertz CT molecular complexity index is 646. The Hall–Kier alpha value is -1.90. The second-order valence-electron chi connectivity index (χ2n) is 5.77. The maximum absolute atomic E-state index is 4.89. The van der Waals surface area contributed by atoms with Gasteiger partial charge in [0.15, 0.2) is 0 Å². The van der Waals surface area contributed by atoms with Crippen molar-refractivity contribution in [2.45, 2.75) is 38.0 Å². The largest absolute Gasteiger partial charge is 0.373 e. The first-order valence-corrected chi connectivity index (χ1v) is 7.52. The molecular formula is C17H19N3. The predicted octanol–water partition coefficient (Wildman–Crippen LogP) is 3.09. The van der Waals surface area contributed by atoms with Gasteiger partial charge in [-0.2, -0.15) is 0 Å². The number of anilines is 1. The summed E-state index contributed by atoms with van der Waals surface area (Å²) in [6.07, 6.45) is 5.82. The molecule has 0 saturated carbocycles.